The monoisotopic (exact) mass is 234 g/mol. The highest BCUT2D eigenvalue weighted by Crippen LogP contribution is 2.42. The Morgan fingerprint density at radius 1 is 1.50 bits per heavy atom. The molecule has 0 unspecified atom stereocenters. The van der Waals surface area contributed by atoms with Crippen molar-refractivity contribution in [3.05, 3.63) is 29.4 Å². The molecule has 0 saturated heterocycles. The Hall–Kier alpha value is -1.15. The van der Waals surface area contributed by atoms with Gasteiger partial charge in [0.25, 0.3) is 0 Å². The van der Waals surface area contributed by atoms with Gasteiger partial charge in [0.15, 0.2) is 0 Å². The average molecular weight is 235 g/mol. The number of ether oxygens (including phenoxy) is 1. The minimum Gasteiger partial charge on any atom is -0.493 e. The van der Waals surface area contributed by atoms with Crippen molar-refractivity contribution in [2.75, 3.05) is 6.61 Å². The highest BCUT2D eigenvalue weighted by molar-refractivity contribution is 6.36. The van der Waals surface area contributed by atoms with Gasteiger partial charge in [-0.2, -0.15) is 0 Å². The molecule has 83 valence electrons. The largest absolute Gasteiger partial charge is 0.493 e. The Morgan fingerprint density at radius 3 is 3.00 bits per heavy atom. The number of nitrogens with zero attached hydrogens (tertiary/aromatic N) is 1. The molecule has 3 rings (SSSR count). The van der Waals surface area contributed by atoms with Crippen LogP contribution in [0.1, 0.15) is 25.8 Å². The average Bonchev–Trinajstić information content (AvgIpc) is 3.05. The molecule has 0 amide bonds. The molecule has 1 aromatic heterocycles. The van der Waals surface area contributed by atoms with Crippen LogP contribution >= 0.6 is 11.6 Å². The molecule has 1 aliphatic carbocycles. The van der Waals surface area contributed by atoms with Crippen LogP contribution in [0.5, 0.6) is 5.75 Å². The number of hydrogen-bond acceptors (Lipinski definition) is 1. The summed E-state index contributed by atoms with van der Waals surface area (Å²) in [4.78, 5) is 0. The van der Waals surface area contributed by atoms with Crippen LogP contribution in [-0.4, -0.2) is 11.2 Å². The standard InChI is InChI=1S/C13H13ClNO/c1-2-16-12-5-3-4-11-13(12)10(14)8-15(11)9-6-7-9/h4-5,8-9H,2,6-7H2,1H3. The third-order valence-electron chi connectivity index (χ3n) is 2.95. The van der Waals surface area contributed by atoms with E-state index in [4.69, 9.17) is 16.3 Å². The summed E-state index contributed by atoms with van der Waals surface area (Å²) in [5, 5.41) is 1.80. The van der Waals surface area contributed by atoms with Crippen molar-refractivity contribution in [3.8, 4) is 5.75 Å². The van der Waals surface area contributed by atoms with Gasteiger partial charge < -0.3 is 9.30 Å². The second-order valence-electron chi connectivity index (χ2n) is 4.13. The summed E-state index contributed by atoms with van der Waals surface area (Å²) in [7, 11) is 0. The summed E-state index contributed by atoms with van der Waals surface area (Å²) in [6.45, 7) is 2.63. The van der Waals surface area contributed by atoms with Crippen molar-refractivity contribution in [1.29, 1.82) is 0 Å². The lowest BCUT2D eigenvalue weighted by Crippen LogP contribution is -1.93. The third kappa shape index (κ3) is 1.49. The molecule has 2 aromatic rings. The molecule has 0 spiro atoms. The van der Waals surface area contributed by atoms with Crippen molar-refractivity contribution in [2.24, 2.45) is 0 Å². The maximum Gasteiger partial charge on any atom is 0.130 e. The number of benzene rings is 1. The fourth-order valence-electron chi connectivity index (χ4n) is 2.09. The van der Waals surface area contributed by atoms with E-state index in [-0.39, 0.29) is 0 Å². The molecule has 16 heavy (non-hydrogen) atoms. The Bertz CT molecular complexity index is 528. The van der Waals surface area contributed by atoms with Gasteiger partial charge >= 0.3 is 0 Å². The first-order valence-electron chi connectivity index (χ1n) is 5.64. The molecule has 1 fully saturated rings. The summed E-state index contributed by atoms with van der Waals surface area (Å²) in [5.41, 5.74) is 1.14. The van der Waals surface area contributed by atoms with E-state index in [1.807, 2.05) is 25.3 Å². The maximum atomic E-state index is 6.28. The van der Waals surface area contributed by atoms with Gasteiger partial charge in [-0.3, -0.25) is 0 Å². The molecule has 1 aliphatic rings. The van der Waals surface area contributed by atoms with Crippen molar-refractivity contribution in [2.45, 2.75) is 25.8 Å². The Kier molecular flexibility index (Phi) is 2.32. The molecule has 1 radical (unpaired) electrons. The van der Waals surface area contributed by atoms with Gasteiger partial charge in [-0.1, -0.05) is 11.6 Å². The molecular formula is C13H13ClNO. The highest BCUT2D eigenvalue weighted by Gasteiger charge is 2.26. The maximum absolute atomic E-state index is 6.28. The van der Waals surface area contributed by atoms with E-state index >= 15 is 0 Å². The number of fused-ring (bicyclic) bond motifs is 1. The van der Waals surface area contributed by atoms with Gasteiger partial charge in [-0.15, -0.1) is 0 Å². The van der Waals surface area contributed by atoms with Crippen LogP contribution in [0.4, 0.5) is 0 Å². The van der Waals surface area contributed by atoms with Gasteiger partial charge in [0.05, 0.1) is 22.5 Å². The fraction of sp³-hybridized carbons (Fsp3) is 0.385. The van der Waals surface area contributed by atoms with Gasteiger partial charge in [-0.05, 0) is 38.0 Å². The van der Waals surface area contributed by atoms with Crippen LogP contribution in [0.15, 0.2) is 18.3 Å². The number of aromatic nitrogens is 1. The summed E-state index contributed by atoms with van der Waals surface area (Å²) in [6.07, 6.45) is 4.51. The van der Waals surface area contributed by atoms with Crippen molar-refractivity contribution >= 4 is 22.5 Å². The lowest BCUT2D eigenvalue weighted by atomic mass is 10.2. The van der Waals surface area contributed by atoms with E-state index in [0.29, 0.717) is 12.6 Å². The molecule has 0 atom stereocenters. The van der Waals surface area contributed by atoms with Crippen molar-refractivity contribution in [1.82, 2.24) is 4.57 Å². The fourth-order valence-corrected chi connectivity index (χ4v) is 2.39. The smallest absolute Gasteiger partial charge is 0.130 e. The van der Waals surface area contributed by atoms with Gasteiger partial charge in [0.1, 0.15) is 5.75 Å². The van der Waals surface area contributed by atoms with E-state index in [1.165, 1.54) is 12.8 Å². The van der Waals surface area contributed by atoms with Crippen molar-refractivity contribution in [3.63, 3.8) is 0 Å². The Morgan fingerprint density at radius 2 is 2.31 bits per heavy atom. The predicted molar refractivity (Wildman–Crippen MR) is 65.2 cm³/mol. The van der Waals surface area contributed by atoms with Crippen LogP contribution < -0.4 is 4.74 Å². The van der Waals surface area contributed by atoms with Crippen LogP contribution in [-0.2, 0) is 0 Å². The van der Waals surface area contributed by atoms with Gasteiger partial charge in [-0.25, -0.2) is 0 Å². The lowest BCUT2D eigenvalue weighted by molar-refractivity contribution is 0.344. The molecule has 1 aromatic carbocycles. The summed E-state index contributed by atoms with van der Waals surface area (Å²) in [5.74, 6) is 0.837. The van der Waals surface area contributed by atoms with Crippen LogP contribution in [0.2, 0.25) is 5.02 Å². The molecule has 1 heterocycles. The molecular weight excluding hydrogens is 222 g/mol. The molecule has 3 heteroatoms. The van der Waals surface area contributed by atoms with Crippen LogP contribution in [0.25, 0.3) is 10.9 Å². The minimum atomic E-state index is 0.625. The molecule has 0 bridgehead atoms. The SMILES string of the molecule is CCOc1c[c]cc2c1c(Cl)cn2C1CC1. The van der Waals surface area contributed by atoms with Crippen molar-refractivity contribution < 1.29 is 4.74 Å². The van der Waals surface area contributed by atoms with Crippen LogP contribution in [0, 0.1) is 6.07 Å². The number of hydrogen-bond donors (Lipinski definition) is 0. The Balaban J connectivity index is 2.22. The zero-order valence-corrected chi connectivity index (χ0v) is 9.92. The zero-order chi connectivity index (χ0) is 11.1. The number of halogens is 1. The van der Waals surface area contributed by atoms with E-state index in [0.717, 1.165) is 21.7 Å². The minimum absolute atomic E-state index is 0.625. The van der Waals surface area contributed by atoms with Gasteiger partial charge in [0.2, 0.25) is 0 Å². The van der Waals surface area contributed by atoms with E-state index < -0.39 is 0 Å². The molecule has 1 saturated carbocycles. The molecule has 2 nitrogen and oxygen atoms in total. The number of rotatable bonds is 3. The van der Waals surface area contributed by atoms with Crippen LogP contribution in [0.3, 0.4) is 0 Å². The topological polar surface area (TPSA) is 14.2 Å². The zero-order valence-electron chi connectivity index (χ0n) is 9.16. The predicted octanol–water partition coefficient (Wildman–Crippen LogP) is 3.83. The molecule has 0 N–H and O–H groups in total. The Labute approximate surface area is 99.8 Å². The second-order valence-corrected chi connectivity index (χ2v) is 4.54. The normalized spacial score (nSPS) is 15.6. The summed E-state index contributed by atoms with van der Waals surface area (Å²) in [6, 6.07) is 7.59. The summed E-state index contributed by atoms with van der Waals surface area (Å²) < 4.78 is 7.83. The first-order valence-corrected chi connectivity index (χ1v) is 6.02. The first-order chi connectivity index (χ1) is 7.81. The highest BCUT2D eigenvalue weighted by atomic mass is 35.5. The van der Waals surface area contributed by atoms with E-state index in [9.17, 15) is 0 Å². The quantitative estimate of drug-likeness (QED) is 0.787. The van der Waals surface area contributed by atoms with Gasteiger partial charge in [0, 0.05) is 12.2 Å². The second kappa shape index (κ2) is 3.70. The first kappa shape index (κ1) is 10.0. The summed E-state index contributed by atoms with van der Waals surface area (Å²) >= 11 is 6.28. The van der Waals surface area contributed by atoms with E-state index in [2.05, 4.69) is 10.6 Å². The lowest BCUT2D eigenvalue weighted by Gasteiger charge is -2.06. The van der Waals surface area contributed by atoms with E-state index in [1.54, 1.807) is 0 Å². The third-order valence-corrected chi connectivity index (χ3v) is 3.23. The molecule has 0 aliphatic heterocycles.